The SMILES string of the molecule is CC(CCN)Cc1nc(C2CCCN(C)C2)cs1. The molecule has 102 valence electrons. The van der Waals surface area contributed by atoms with Crippen LogP contribution in [-0.2, 0) is 6.42 Å². The third-order valence-electron chi connectivity index (χ3n) is 3.79. The van der Waals surface area contributed by atoms with E-state index in [0.29, 0.717) is 11.8 Å². The van der Waals surface area contributed by atoms with Crippen molar-refractivity contribution in [2.45, 2.75) is 38.5 Å². The summed E-state index contributed by atoms with van der Waals surface area (Å²) < 4.78 is 0. The fourth-order valence-electron chi connectivity index (χ4n) is 2.70. The summed E-state index contributed by atoms with van der Waals surface area (Å²) in [6.45, 7) is 5.46. The highest BCUT2D eigenvalue weighted by Crippen LogP contribution is 2.28. The average Bonchev–Trinajstić information content (AvgIpc) is 2.78. The first kappa shape index (κ1) is 14.0. The number of thiazole rings is 1. The van der Waals surface area contributed by atoms with E-state index in [-0.39, 0.29) is 0 Å². The first-order valence-corrected chi connectivity index (χ1v) is 7.90. The smallest absolute Gasteiger partial charge is 0.0931 e. The molecule has 0 amide bonds. The normalized spacial score (nSPS) is 23.2. The van der Waals surface area contributed by atoms with E-state index in [1.54, 1.807) is 0 Å². The molecule has 2 heterocycles. The van der Waals surface area contributed by atoms with Crippen LogP contribution in [0.2, 0.25) is 0 Å². The lowest BCUT2D eigenvalue weighted by atomic mass is 9.96. The second-order valence-electron chi connectivity index (χ2n) is 5.65. The monoisotopic (exact) mass is 267 g/mol. The Balaban J connectivity index is 1.92. The molecule has 1 fully saturated rings. The van der Waals surface area contributed by atoms with Crippen molar-refractivity contribution in [1.29, 1.82) is 0 Å². The Bertz CT molecular complexity index is 364. The molecule has 1 aromatic heterocycles. The zero-order valence-corrected chi connectivity index (χ0v) is 12.4. The van der Waals surface area contributed by atoms with Gasteiger partial charge in [0.2, 0.25) is 0 Å². The van der Waals surface area contributed by atoms with Gasteiger partial charge in [0, 0.05) is 24.3 Å². The molecule has 0 bridgehead atoms. The lowest BCUT2D eigenvalue weighted by Gasteiger charge is -2.28. The number of hydrogen-bond acceptors (Lipinski definition) is 4. The minimum Gasteiger partial charge on any atom is -0.330 e. The van der Waals surface area contributed by atoms with Crippen molar-refractivity contribution in [3.8, 4) is 0 Å². The number of likely N-dealkylation sites (N-methyl/N-ethyl adjacent to an activating group) is 1. The van der Waals surface area contributed by atoms with E-state index in [4.69, 9.17) is 10.7 Å². The number of piperidine rings is 1. The summed E-state index contributed by atoms with van der Waals surface area (Å²) in [6.07, 6.45) is 4.79. The Morgan fingerprint density at radius 3 is 3.17 bits per heavy atom. The van der Waals surface area contributed by atoms with E-state index in [2.05, 4.69) is 24.3 Å². The third-order valence-corrected chi connectivity index (χ3v) is 4.68. The number of rotatable bonds is 5. The maximum Gasteiger partial charge on any atom is 0.0931 e. The van der Waals surface area contributed by atoms with Crippen LogP contribution >= 0.6 is 11.3 Å². The van der Waals surface area contributed by atoms with Gasteiger partial charge in [-0.05, 0) is 45.3 Å². The van der Waals surface area contributed by atoms with Crippen LogP contribution in [0.3, 0.4) is 0 Å². The van der Waals surface area contributed by atoms with Gasteiger partial charge in [0.1, 0.15) is 0 Å². The van der Waals surface area contributed by atoms with Gasteiger partial charge in [0.05, 0.1) is 10.7 Å². The standard InChI is InChI=1S/C14H25N3S/c1-11(5-6-15)8-14-16-13(10-18-14)12-4-3-7-17(2)9-12/h10-12H,3-9,15H2,1-2H3. The van der Waals surface area contributed by atoms with Crippen molar-refractivity contribution in [3.63, 3.8) is 0 Å². The Labute approximate surface area is 114 Å². The highest BCUT2D eigenvalue weighted by molar-refractivity contribution is 7.09. The molecule has 2 N–H and O–H groups in total. The van der Waals surface area contributed by atoms with E-state index in [1.807, 2.05) is 11.3 Å². The van der Waals surface area contributed by atoms with E-state index in [0.717, 1.165) is 19.4 Å². The van der Waals surface area contributed by atoms with Crippen molar-refractivity contribution >= 4 is 11.3 Å². The third kappa shape index (κ3) is 3.77. The highest BCUT2D eigenvalue weighted by Gasteiger charge is 2.21. The number of nitrogens with two attached hydrogens (primary N) is 1. The van der Waals surface area contributed by atoms with Crippen molar-refractivity contribution in [3.05, 3.63) is 16.1 Å². The molecular formula is C14H25N3S. The van der Waals surface area contributed by atoms with Gasteiger partial charge in [-0.1, -0.05) is 6.92 Å². The van der Waals surface area contributed by atoms with Crippen molar-refractivity contribution in [2.24, 2.45) is 11.7 Å². The van der Waals surface area contributed by atoms with Crippen LogP contribution in [0.15, 0.2) is 5.38 Å². The van der Waals surface area contributed by atoms with Crippen LogP contribution in [0.5, 0.6) is 0 Å². The molecule has 18 heavy (non-hydrogen) atoms. The van der Waals surface area contributed by atoms with E-state index >= 15 is 0 Å². The van der Waals surface area contributed by atoms with Gasteiger partial charge in [-0.25, -0.2) is 4.98 Å². The molecule has 1 aromatic rings. The quantitative estimate of drug-likeness (QED) is 0.891. The first-order valence-electron chi connectivity index (χ1n) is 7.02. The van der Waals surface area contributed by atoms with Gasteiger partial charge < -0.3 is 10.6 Å². The van der Waals surface area contributed by atoms with Crippen LogP contribution in [0.25, 0.3) is 0 Å². The van der Waals surface area contributed by atoms with Crippen molar-refractivity contribution in [1.82, 2.24) is 9.88 Å². The maximum absolute atomic E-state index is 5.60. The fraction of sp³-hybridized carbons (Fsp3) is 0.786. The molecule has 1 aliphatic heterocycles. The minimum atomic E-state index is 0.651. The summed E-state index contributed by atoms with van der Waals surface area (Å²) in [6, 6.07) is 0. The highest BCUT2D eigenvalue weighted by atomic mass is 32.1. The molecule has 0 aliphatic carbocycles. The molecular weight excluding hydrogens is 242 g/mol. The number of nitrogens with zero attached hydrogens (tertiary/aromatic N) is 2. The van der Waals surface area contributed by atoms with Crippen LogP contribution in [-0.4, -0.2) is 36.6 Å². The van der Waals surface area contributed by atoms with E-state index in [9.17, 15) is 0 Å². The fourth-order valence-corrected chi connectivity index (χ4v) is 3.74. The van der Waals surface area contributed by atoms with Gasteiger partial charge in [0.25, 0.3) is 0 Å². The molecule has 1 saturated heterocycles. The zero-order valence-electron chi connectivity index (χ0n) is 11.6. The Hall–Kier alpha value is -0.450. The lowest BCUT2D eigenvalue weighted by molar-refractivity contribution is 0.248. The maximum atomic E-state index is 5.60. The molecule has 2 atom stereocenters. The zero-order chi connectivity index (χ0) is 13.0. The first-order chi connectivity index (χ1) is 8.69. The molecule has 0 radical (unpaired) electrons. The number of hydrogen-bond donors (Lipinski definition) is 1. The summed E-state index contributed by atoms with van der Waals surface area (Å²) in [5.41, 5.74) is 6.92. The Morgan fingerprint density at radius 2 is 2.44 bits per heavy atom. The van der Waals surface area contributed by atoms with Crippen LogP contribution in [0.1, 0.15) is 42.8 Å². The molecule has 0 spiro atoms. The van der Waals surface area contributed by atoms with Gasteiger partial charge in [-0.3, -0.25) is 0 Å². The summed E-state index contributed by atoms with van der Waals surface area (Å²) in [4.78, 5) is 7.26. The van der Waals surface area contributed by atoms with Gasteiger partial charge in [-0.15, -0.1) is 11.3 Å². The lowest BCUT2D eigenvalue weighted by Crippen LogP contribution is -2.30. The summed E-state index contributed by atoms with van der Waals surface area (Å²) in [7, 11) is 2.21. The topological polar surface area (TPSA) is 42.1 Å². The summed E-state index contributed by atoms with van der Waals surface area (Å²) in [5.74, 6) is 1.31. The molecule has 2 unspecified atom stereocenters. The predicted molar refractivity (Wildman–Crippen MR) is 78.1 cm³/mol. The second-order valence-corrected chi connectivity index (χ2v) is 6.60. The van der Waals surface area contributed by atoms with Gasteiger partial charge in [-0.2, -0.15) is 0 Å². The summed E-state index contributed by atoms with van der Waals surface area (Å²) in [5, 5.41) is 3.56. The molecule has 0 aromatic carbocycles. The molecule has 3 nitrogen and oxygen atoms in total. The van der Waals surface area contributed by atoms with Crippen LogP contribution < -0.4 is 5.73 Å². The number of aromatic nitrogens is 1. The van der Waals surface area contributed by atoms with Crippen LogP contribution in [0, 0.1) is 5.92 Å². The van der Waals surface area contributed by atoms with Crippen LogP contribution in [0.4, 0.5) is 0 Å². The molecule has 1 aliphatic rings. The Kier molecular flexibility index (Phi) is 5.15. The van der Waals surface area contributed by atoms with E-state index in [1.165, 1.54) is 36.6 Å². The summed E-state index contributed by atoms with van der Waals surface area (Å²) >= 11 is 1.83. The van der Waals surface area contributed by atoms with Gasteiger partial charge in [0.15, 0.2) is 0 Å². The predicted octanol–water partition coefficient (Wildman–Crippen LogP) is 2.48. The van der Waals surface area contributed by atoms with Gasteiger partial charge >= 0.3 is 0 Å². The minimum absolute atomic E-state index is 0.651. The van der Waals surface area contributed by atoms with E-state index < -0.39 is 0 Å². The largest absolute Gasteiger partial charge is 0.330 e. The van der Waals surface area contributed by atoms with Crippen molar-refractivity contribution < 1.29 is 0 Å². The molecule has 4 heteroatoms. The average molecular weight is 267 g/mol. The Morgan fingerprint density at radius 1 is 1.61 bits per heavy atom. The second kappa shape index (κ2) is 6.64. The number of likely N-dealkylation sites (tertiary alicyclic amines) is 1. The van der Waals surface area contributed by atoms with Crippen molar-refractivity contribution in [2.75, 3.05) is 26.7 Å². The molecule has 0 saturated carbocycles. The molecule has 2 rings (SSSR count).